The van der Waals surface area contributed by atoms with E-state index in [4.69, 9.17) is 16.2 Å². The third kappa shape index (κ3) is 15.9. The second-order valence-electron chi connectivity index (χ2n) is 19.1. The zero-order valence-electron chi connectivity index (χ0n) is 43.6. The van der Waals surface area contributed by atoms with Crippen molar-refractivity contribution in [2.45, 2.75) is 93.9 Å². The van der Waals surface area contributed by atoms with Crippen LogP contribution in [0.2, 0.25) is 0 Å². The van der Waals surface area contributed by atoms with Crippen molar-refractivity contribution in [1.29, 1.82) is 0 Å². The summed E-state index contributed by atoms with van der Waals surface area (Å²) < 4.78 is 6.50. The summed E-state index contributed by atoms with van der Waals surface area (Å²) in [5.41, 5.74) is 17.1. The van der Waals surface area contributed by atoms with Crippen molar-refractivity contribution in [3.05, 3.63) is 101 Å². The molecule has 25 heteroatoms. The number of fused-ring (bicyclic) bond motifs is 4. The Bertz CT molecular complexity index is 2960. The predicted octanol–water partition coefficient (Wildman–Crippen LogP) is 3.21. The number of carbonyl (C=O) groups is 7. The summed E-state index contributed by atoms with van der Waals surface area (Å²) in [6.45, 7) is 0.991. The Labute approximate surface area is 459 Å². The highest BCUT2D eigenvalue weighted by molar-refractivity contribution is 8.15. The highest BCUT2D eigenvalue weighted by Gasteiger charge is 2.34. The van der Waals surface area contributed by atoms with Crippen LogP contribution in [0.4, 0.5) is 10.5 Å². The number of aliphatic imine (C=N–C) groups is 2. The molecule has 0 unspecified atom stereocenters. The number of carboxylic acids is 1. The van der Waals surface area contributed by atoms with Crippen LogP contribution >= 0.6 is 23.1 Å². The van der Waals surface area contributed by atoms with Crippen LogP contribution in [0, 0.1) is 0 Å². The van der Waals surface area contributed by atoms with Crippen molar-refractivity contribution in [3.63, 3.8) is 0 Å². The summed E-state index contributed by atoms with van der Waals surface area (Å²) >= 11 is 2.63. The van der Waals surface area contributed by atoms with Gasteiger partial charge in [-0.3, -0.25) is 39.3 Å². The summed E-state index contributed by atoms with van der Waals surface area (Å²) in [4.78, 5) is 117. The Hall–Kier alpha value is -7.74. The molecule has 5 atom stereocenters. The molecule has 2 aromatic heterocycles. The summed E-state index contributed by atoms with van der Waals surface area (Å²) in [5.74, 6) is -4.45. The lowest BCUT2D eigenvalue weighted by molar-refractivity contribution is -0.137. The third-order valence-corrected chi connectivity index (χ3v) is 15.3. The van der Waals surface area contributed by atoms with E-state index >= 15 is 0 Å². The molecule has 0 saturated heterocycles. The number of hydrogen-bond donors (Lipinski definition) is 10. The molecule has 0 radical (unpaired) electrons. The number of amides is 6. The van der Waals surface area contributed by atoms with E-state index in [1.165, 1.54) is 42.7 Å². The number of H-pyrrole nitrogens is 1. The molecule has 7 rings (SSSR count). The molecule has 23 nitrogen and oxygen atoms in total. The lowest BCUT2D eigenvalue weighted by Crippen LogP contribution is -2.58. The number of carboxylic acid groups (broad SMARTS) is 1. The number of imidazole rings is 1. The maximum absolute atomic E-state index is 14.6. The minimum absolute atomic E-state index is 0.0603. The number of nitrogens with one attached hydrogen (secondary N) is 7. The van der Waals surface area contributed by atoms with Gasteiger partial charge >= 0.3 is 12.1 Å². The number of aromatic amines is 1. The Morgan fingerprint density at radius 3 is 2.10 bits per heavy atom. The second-order valence-corrected chi connectivity index (χ2v) is 21.1. The van der Waals surface area contributed by atoms with Crippen LogP contribution in [0.1, 0.15) is 79.1 Å². The first-order valence-corrected chi connectivity index (χ1v) is 27.4. The summed E-state index contributed by atoms with van der Waals surface area (Å²) in [6.07, 6.45) is 3.90. The number of benzene rings is 3. The lowest BCUT2D eigenvalue weighted by Gasteiger charge is -2.27. The summed E-state index contributed by atoms with van der Waals surface area (Å²) in [7, 11) is 5.23. The van der Waals surface area contributed by atoms with Gasteiger partial charge in [-0.2, -0.15) is 0 Å². The highest BCUT2D eigenvalue weighted by Crippen LogP contribution is 2.44. The zero-order valence-corrected chi connectivity index (χ0v) is 45.2. The Morgan fingerprint density at radius 1 is 0.833 bits per heavy atom. The average Bonchev–Trinajstić information content (AvgIpc) is 4.31. The van der Waals surface area contributed by atoms with Gasteiger partial charge in [-0.15, -0.1) is 23.1 Å². The molecule has 0 spiro atoms. The van der Waals surface area contributed by atoms with Gasteiger partial charge in [0, 0.05) is 49.1 Å². The molecule has 3 aromatic carbocycles. The van der Waals surface area contributed by atoms with Crippen LogP contribution in [-0.4, -0.2) is 154 Å². The number of guanidine groups is 1. The van der Waals surface area contributed by atoms with E-state index < -0.39 is 71.8 Å². The molecular formula is C53H66N14O9S2. The van der Waals surface area contributed by atoms with Crippen LogP contribution in [0.25, 0.3) is 21.3 Å². The van der Waals surface area contributed by atoms with Crippen LogP contribution in [0.15, 0.2) is 89.2 Å². The Kier molecular flexibility index (Phi) is 20.8. The lowest BCUT2D eigenvalue weighted by atomic mass is 9.98. The van der Waals surface area contributed by atoms with Crippen molar-refractivity contribution in [1.82, 2.24) is 46.4 Å². The Morgan fingerprint density at radius 2 is 1.47 bits per heavy atom. The van der Waals surface area contributed by atoms with Gasteiger partial charge in [0.05, 0.1) is 16.5 Å². The fourth-order valence-corrected chi connectivity index (χ4v) is 11.1. The van der Waals surface area contributed by atoms with E-state index in [0.29, 0.717) is 71.5 Å². The number of rotatable bonds is 27. The minimum atomic E-state index is -1.41. The SMILES string of the molecule is CN=C(N)NC(=O)CC[C@H](NC(=O)OCC1c2ccccc2-c2ccccc21)C(=O)N[C@@H](Cc1cnc[nH]1)C(=O)N[C@@H](CCCCN(C)C)C(=O)N[C@@H](CCCCN)C(=O)Nc1ccc2nc(C3=N[C@@H](C(=O)O)CS3)sc2c1. The number of carbonyl (C=O) groups excluding carboxylic acids is 6. The monoisotopic (exact) mass is 1110 g/mol. The molecule has 0 saturated carbocycles. The van der Waals surface area contributed by atoms with E-state index in [2.05, 4.69) is 56.8 Å². The normalized spacial score (nSPS) is 15.5. The number of unbranched alkanes of at least 4 members (excludes halogenated alkanes) is 2. The number of ether oxygens (including phenoxy) is 1. The fraction of sp³-hybridized carbons (Fsp3) is 0.415. The molecule has 1 aliphatic carbocycles. The van der Waals surface area contributed by atoms with Gasteiger partial charge in [0.25, 0.3) is 0 Å². The van der Waals surface area contributed by atoms with E-state index in [1.807, 2.05) is 67.5 Å². The summed E-state index contributed by atoms with van der Waals surface area (Å²) in [6, 6.07) is 14.9. The molecule has 0 bridgehead atoms. The van der Waals surface area contributed by atoms with Crippen LogP contribution in [0.3, 0.4) is 0 Å². The van der Waals surface area contributed by atoms with Gasteiger partial charge in [0.1, 0.15) is 40.8 Å². The molecule has 1 aliphatic heterocycles. The number of aromatic nitrogens is 3. The molecule has 5 aromatic rings. The van der Waals surface area contributed by atoms with Gasteiger partial charge in [0.2, 0.25) is 29.5 Å². The van der Waals surface area contributed by atoms with E-state index in [9.17, 15) is 38.7 Å². The number of anilines is 1. The minimum Gasteiger partial charge on any atom is -0.480 e. The fourth-order valence-electron chi connectivity index (χ4n) is 8.98. The number of thioether (sulfide) groups is 1. The van der Waals surface area contributed by atoms with Crippen LogP contribution in [-0.2, 0) is 39.9 Å². The van der Waals surface area contributed by atoms with Gasteiger partial charge in [0.15, 0.2) is 12.0 Å². The maximum Gasteiger partial charge on any atom is 0.407 e. The van der Waals surface area contributed by atoms with Crippen molar-refractivity contribution in [3.8, 4) is 11.1 Å². The topological polar surface area (TPSA) is 343 Å². The number of aliphatic carboxylic acids is 1. The van der Waals surface area contributed by atoms with E-state index in [0.717, 1.165) is 27.0 Å². The first-order valence-electron chi connectivity index (χ1n) is 25.6. The largest absolute Gasteiger partial charge is 0.480 e. The molecule has 78 heavy (non-hydrogen) atoms. The van der Waals surface area contributed by atoms with E-state index in [1.54, 1.807) is 18.2 Å². The Balaban J connectivity index is 1.07. The first kappa shape index (κ1) is 58.0. The molecule has 6 amide bonds. The molecule has 0 fully saturated rings. The molecule has 3 heterocycles. The number of hydrogen-bond acceptors (Lipinski definition) is 16. The molecule has 414 valence electrons. The van der Waals surface area contributed by atoms with Gasteiger partial charge in [-0.05, 0) is 113 Å². The number of thiazole rings is 1. The van der Waals surface area contributed by atoms with Gasteiger partial charge in [-0.25, -0.2) is 19.6 Å². The highest BCUT2D eigenvalue weighted by atomic mass is 32.2. The summed E-state index contributed by atoms with van der Waals surface area (Å²) in [5, 5.41) is 26.9. The van der Waals surface area contributed by atoms with E-state index in [-0.39, 0.29) is 50.6 Å². The molecule has 2 aliphatic rings. The van der Waals surface area contributed by atoms with Crippen molar-refractivity contribution < 1.29 is 43.4 Å². The predicted molar refractivity (Wildman–Crippen MR) is 299 cm³/mol. The first-order chi connectivity index (χ1) is 37.6. The molecular weight excluding hydrogens is 1040 g/mol. The van der Waals surface area contributed by atoms with Crippen LogP contribution < -0.4 is 43.4 Å². The number of alkyl carbamates (subject to hydrolysis) is 1. The smallest absolute Gasteiger partial charge is 0.407 e. The maximum atomic E-state index is 14.6. The van der Waals surface area contributed by atoms with Gasteiger partial charge in [-0.1, -0.05) is 48.5 Å². The number of nitrogens with two attached hydrogens (primary N) is 2. The zero-order chi connectivity index (χ0) is 55.7. The average molecular weight is 1110 g/mol. The van der Waals surface area contributed by atoms with Crippen LogP contribution in [0.5, 0.6) is 0 Å². The quantitative estimate of drug-likeness (QED) is 0.0205. The van der Waals surface area contributed by atoms with Crippen molar-refractivity contribution in [2.75, 3.05) is 51.9 Å². The number of nitrogens with zero attached hydrogens (tertiary/aromatic N) is 5. The third-order valence-electron chi connectivity index (χ3n) is 13.1. The van der Waals surface area contributed by atoms with Crippen molar-refractivity contribution >= 4 is 91.6 Å². The second kappa shape index (κ2) is 28.1. The van der Waals surface area contributed by atoms with Crippen molar-refractivity contribution in [2.24, 2.45) is 21.5 Å². The molecule has 12 N–H and O–H groups in total. The standard InChI is InChI=1S/C53H66N14O9S2/c1-56-52(55)66-44(68)21-20-40(65-53(75)76-27-36-34-14-6-4-12-32(34)33-13-5-7-15-35(33)36)47(71)62-41(24-31-26-57-29-58-31)48(72)61-39(17-9-11-23-67(2)3)46(70)60-38(16-8-10-22-54)45(69)59-30-18-19-37-43(25-30)78-50(63-37)49-64-42(28-77-49)51(73)74/h4-7,12-15,18-19,25-26,29,36,38-42H,8-11,16-17,20-24,27-28,54H2,1-3H3,(H,57,58)(H,59,69)(H,60,70)(H,61,72)(H,62,71)(H,65,75)(H,73,74)(H3,55,56,66,68)/t38-,39-,40-,41-,42+/m0/s1. The van der Waals surface area contributed by atoms with Gasteiger partial charge < -0.3 is 57.8 Å².